The van der Waals surface area contributed by atoms with Crippen LogP contribution in [0, 0.1) is 13.8 Å². The summed E-state index contributed by atoms with van der Waals surface area (Å²) in [7, 11) is 1.71. The number of nitrogens with one attached hydrogen (secondary N) is 1. The zero-order valence-electron chi connectivity index (χ0n) is 19.4. The van der Waals surface area contributed by atoms with Crippen LogP contribution in [0.1, 0.15) is 45.7 Å². The minimum absolute atomic E-state index is 0.0470. The first-order valence-electron chi connectivity index (χ1n) is 11.4. The Bertz CT molecular complexity index is 1180. The predicted molar refractivity (Wildman–Crippen MR) is 126 cm³/mol. The molecule has 1 N–H and O–H groups in total. The largest absolute Gasteiger partial charge is 0.496 e. The molecule has 3 heterocycles. The molecule has 33 heavy (non-hydrogen) atoms. The Morgan fingerprint density at radius 3 is 2.61 bits per heavy atom. The van der Waals surface area contributed by atoms with E-state index in [4.69, 9.17) is 9.47 Å². The highest BCUT2D eigenvalue weighted by molar-refractivity contribution is 5.98. The van der Waals surface area contributed by atoms with Crippen molar-refractivity contribution >= 4 is 5.91 Å². The lowest BCUT2D eigenvalue weighted by Gasteiger charge is -2.44. The molecule has 172 valence electrons. The van der Waals surface area contributed by atoms with Gasteiger partial charge in [0, 0.05) is 43.7 Å². The molecule has 1 aromatic heterocycles. The summed E-state index contributed by atoms with van der Waals surface area (Å²) in [5.41, 5.74) is 4.51. The third-order valence-corrected chi connectivity index (χ3v) is 6.62. The number of methoxy groups -OCH3 is 1. The number of carbonyl (C=O) groups excluding carboxylic acids is 1. The fourth-order valence-corrected chi connectivity index (χ4v) is 4.86. The van der Waals surface area contributed by atoms with Gasteiger partial charge >= 0.3 is 0 Å². The third kappa shape index (κ3) is 4.33. The van der Waals surface area contributed by atoms with Crippen molar-refractivity contribution in [1.29, 1.82) is 0 Å². The lowest BCUT2D eigenvalue weighted by atomic mass is 9.96. The van der Waals surface area contributed by atoms with E-state index in [1.165, 1.54) is 5.56 Å². The van der Waals surface area contributed by atoms with E-state index in [0.29, 0.717) is 17.9 Å². The number of ether oxygens (including phenoxy) is 2. The van der Waals surface area contributed by atoms with E-state index >= 15 is 0 Å². The van der Waals surface area contributed by atoms with Gasteiger partial charge < -0.3 is 14.8 Å². The predicted octanol–water partition coefficient (Wildman–Crippen LogP) is 3.67. The van der Waals surface area contributed by atoms with Gasteiger partial charge in [-0.1, -0.05) is 18.2 Å². The number of benzene rings is 2. The van der Waals surface area contributed by atoms with Crippen molar-refractivity contribution in [3.63, 3.8) is 0 Å². The van der Waals surface area contributed by atoms with Crippen LogP contribution in [0.2, 0.25) is 0 Å². The molecule has 7 heteroatoms. The number of aryl methyl sites for hydroxylation is 2. The van der Waals surface area contributed by atoms with E-state index in [-0.39, 0.29) is 5.91 Å². The first-order valence-corrected chi connectivity index (χ1v) is 11.4. The van der Waals surface area contributed by atoms with Gasteiger partial charge in [-0.2, -0.15) is 5.10 Å². The van der Waals surface area contributed by atoms with Gasteiger partial charge in [0.2, 0.25) is 0 Å². The number of aromatic nitrogens is 2. The number of hydrogen-bond acceptors (Lipinski definition) is 5. The van der Waals surface area contributed by atoms with Gasteiger partial charge in [-0.25, -0.2) is 0 Å². The molecule has 0 atom stereocenters. The van der Waals surface area contributed by atoms with Crippen LogP contribution in [0.25, 0.3) is 0 Å². The number of nitrogens with zero attached hydrogens (tertiary/aromatic N) is 3. The maximum atomic E-state index is 12.6. The topological polar surface area (TPSA) is 68.6 Å². The molecule has 7 nitrogen and oxygen atoms in total. The minimum atomic E-state index is -0.609. The molecule has 0 bridgehead atoms. The van der Waals surface area contributed by atoms with E-state index < -0.39 is 5.72 Å². The third-order valence-electron chi connectivity index (χ3n) is 6.62. The number of carbonyl (C=O) groups is 1. The summed E-state index contributed by atoms with van der Waals surface area (Å²) in [5.74, 6) is 1.51. The van der Waals surface area contributed by atoms with Gasteiger partial charge in [-0.05, 0) is 49.7 Å². The second-order valence-electron chi connectivity index (χ2n) is 9.05. The van der Waals surface area contributed by atoms with Crippen LogP contribution in [0.15, 0.2) is 48.5 Å². The van der Waals surface area contributed by atoms with Crippen molar-refractivity contribution in [1.82, 2.24) is 20.0 Å². The second-order valence-corrected chi connectivity index (χ2v) is 9.05. The average Bonchev–Trinajstić information content (AvgIpc) is 3.12. The molecule has 1 spiro atoms. The molecule has 2 aliphatic rings. The molecule has 2 aliphatic heterocycles. The van der Waals surface area contributed by atoms with Crippen molar-refractivity contribution in [3.05, 3.63) is 76.6 Å². The normalized spacial score (nSPS) is 17.4. The number of rotatable bonds is 5. The van der Waals surface area contributed by atoms with Gasteiger partial charge in [0.15, 0.2) is 5.72 Å². The maximum Gasteiger partial charge on any atom is 0.258 e. The number of fused-ring (bicyclic) bond motifs is 1. The highest BCUT2D eigenvalue weighted by Crippen LogP contribution is 2.34. The molecule has 0 unspecified atom stereocenters. The minimum Gasteiger partial charge on any atom is -0.496 e. The monoisotopic (exact) mass is 446 g/mol. The lowest BCUT2D eigenvalue weighted by Crippen LogP contribution is -2.60. The Labute approximate surface area is 194 Å². The number of piperidine rings is 1. The average molecular weight is 447 g/mol. The van der Waals surface area contributed by atoms with Crippen LogP contribution in [-0.2, 0) is 13.1 Å². The summed E-state index contributed by atoms with van der Waals surface area (Å²) in [6, 6.07) is 15.9. The summed E-state index contributed by atoms with van der Waals surface area (Å²) in [4.78, 5) is 15.0. The standard InChI is InChI=1S/C26H30N4O3/c1-18-14-19(2)30(28-18)17-21-15-20(8-9-23(21)32-3)16-29-12-10-26(11-13-29)27-25(31)22-6-4-5-7-24(22)33-26/h4-9,14-15H,10-13,16-17H2,1-3H3,(H,27,31). The first-order chi connectivity index (χ1) is 15.9. The molecule has 1 amide bonds. The van der Waals surface area contributed by atoms with Gasteiger partial charge in [0.25, 0.3) is 5.91 Å². The first kappa shape index (κ1) is 21.5. The fourth-order valence-electron chi connectivity index (χ4n) is 4.86. The molecule has 2 aromatic carbocycles. The van der Waals surface area contributed by atoms with Gasteiger partial charge in [-0.15, -0.1) is 0 Å². The molecule has 1 saturated heterocycles. The Balaban J connectivity index is 1.26. The van der Waals surface area contributed by atoms with E-state index in [1.54, 1.807) is 13.2 Å². The van der Waals surface area contributed by atoms with Crippen molar-refractivity contribution < 1.29 is 14.3 Å². The van der Waals surface area contributed by atoms with E-state index in [1.807, 2.05) is 35.9 Å². The smallest absolute Gasteiger partial charge is 0.258 e. The Hall–Kier alpha value is -3.32. The van der Waals surface area contributed by atoms with Gasteiger partial charge in [0.05, 0.1) is 24.9 Å². The lowest BCUT2D eigenvalue weighted by molar-refractivity contribution is -0.0304. The molecule has 1 fully saturated rings. The summed E-state index contributed by atoms with van der Waals surface area (Å²) >= 11 is 0. The number of hydrogen-bond donors (Lipinski definition) is 1. The van der Waals surface area contributed by atoms with Gasteiger partial charge in [0.1, 0.15) is 11.5 Å². The van der Waals surface area contributed by atoms with E-state index in [9.17, 15) is 4.79 Å². The molecule has 5 rings (SSSR count). The van der Waals surface area contributed by atoms with Crippen molar-refractivity contribution in [2.45, 2.75) is 45.5 Å². The quantitative estimate of drug-likeness (QED) is 0.648. The molecule has 3 aromatic rings. The van der Waals surface area contributed by atoms with Crippen LogP contribution in [-0.4, -0.2) is 46.5 Å². The second kappa shape index (κ2) is 8.56. The Morgan fingerprint density at radius 2 is 1.88 bits per heavy atom. The highest BCUT2D eigenvalue weighted by atomic mass is 16.5. The highest BCUT2D eigenvalue weighted by Gasteiger charge is 2.42. The number of para-hydroxylation sites is 1. The Kier molecular flexibility index (Phi) is 5.58. The molecule has 0 radical (unpaired) electrons. The summed E-state index contributed by atoms with van der Waals surface area (Å²) in [5, 5.41) is 7.72. The van der Waals surface area contributed by atoms with Crippen LogP contribution in [0.4, 0.5) is 0 Å². The van der Waals surface area contributed by atoms with Crippen LogP contribution < -0.4 is 14.8 Å². The van der Waals surface area contributed by atoms with Crippen molar-refractivity contribution in [2.75, 3.05) is 20.2 Å². The summed E-state index contributed by atoms with van der Waals surface area (Å²) < 4.78 is 13.9. The summed E-state index contributed by atoms with van der Waals surface area (Å²) in [6.07, 6.45) is 1.50. The maximum absolute atomic E-state index is 12.6. The Morgan fingerprint density at radius 1 is 1.09 bits per heavy atom. The van der Waals surface area contributed by atoms with Crippen LogP contribution in [0.3, 0.4) is 0 Å². The molecule has 0 saturated carbocycles. The molecule has 0 aliphatic carbocycles. The van der Waals surface area contributed by atoms with E-state index in [0.717, 1.165) is 55.2 Å². The van der Waals surface area contributed by atoms with Crippen molar-refractivity contribution in [3.8, 4) is 11.5 Å². The number of likely N-dealkylation sites (tertiary alicyclic amines) is 1. The SMILES string of the molecule is COc1ccc(CN2CCC3(CC2)NC(=O)c2ccccc2O3)cc1Cn1nc(C)cc1C. The summed E-state index contributed by atoms with van der Waals surface area (Å²) in [6.45, 7) is 7.30. The van der Waals surface area contributed by atoms with E-state index in [2.05, 4.69) is 40.4 Å². The zero-order valence-corrected chi connectivity index (χ0v) is 19.4. The van der Waals surface area contributed by atoms with Crippen LogP contribution >= 0.6 is 0 Å². The molecular formula is C26H30N4O3. The van der Waals surface area contributed by atoms with Gasteiger partial charge in [-0.3, -0.25) is 14.4 Å². The fraction of sp³-hybridized carbons (Fsp3) is 0.385. The zero-order chi connectivity index (χ0) is 23.0. The molecular weight excluding hydrogens is 416 g/mol. The number of amides is 1. The van der Waals surface area contributed by atoms with Crippen molar-refractivity contribution in [2.24, 2.45) is 0 Å². The van der Waals surface area contributed by atoms with Crippen LogP contribution in [0.5, 0.6) is 11.5 Å².